The molecule has 0 spiro atoms. The van der Waals surface area contributed by atoms with Crippen molar-refractivity contribution in [2.45, 2.75) is 26.9 Å². The molecule has 0 aliphatic carbocycles. The third kappa shape index (κ3) is 4.37. The van der Waals surface area contributed by atoms with Crippen molar-refractivity contribution in [1.29, 1.82) is 0 Å². The van der Waals surface area contributed by atoms with E-state index in [0.29, 0.717) is 0 Å². The van der Waals surface area contributed by atoms with E-state index in [9.17, 15) is 0 Å². The molecule has 4 aromatic carbocycles. The lowest BCUT2D eigenvalue weighted by molar-refractivity contribution is 0.243. The van der Waals surface area contributed by atoms with E-state index in [1.165, 1.54) is 38.5 Å². The van der Waals surface area contributed by atoms with Crippen LogP contribution < -0.4 is 28.4 Å². The highest BCUT2D eigenvalue weighted by Crippen LogP contribution is 2.52. The molecule has 0 N–H and O–H groups in total. The molecule has 0 atom stereocenters. The fourth-order valence-electron chi connectivity index (χ4n) is 4.71. The van der Waals surface area contributed by atoms with E-state index in [-0.39, 0.29) is 50.8 Å². The number of hydrogen-bond acceptors (Lipinski definition) is 6. The van der Waals surface area contributed by atoms with Gasteiger partial charge in [0.1, 0.15) is 11.5 Å². The molecular formula is C29H28F4O6. The third-order valence-corrected chi connectivity index (χ3v) is 6.19. The molecule has 0 bridgehead atoms. The Balaban J connectivity index is 2.36. The lowest BCUT2D eigenvalue weighted by atomic mass is 9.90. The van der Waals surface area contributed by atoms with E-state index >= 15 is 17.6 Å². The fourth-order valence-corrected chi connectivity index (χ4v) is 4.71. The largest absolute Gasteiger partial charge is 0.493 e. The average Bonchev–Trinajstić information content (AvgIpc) is 2.91. The highest BCUT2D eigenvalue weighted by atomic mass is 19.1. The SMILES string of the molecule is CCOc1ccc2c(F)c(OC)c(OC)c(F)c2c1-c1c(OC(C)C)ccc2c(F)c(OC)c(OC)c(F)c12. The van der Waals surface area contributed by atoms with Gasteiger partial charge in [-0.2, -0.15) is 0 Å². The summed E-state index contributed by atoms with van der Waals surface area (Å²) >= 11 is 0. The molecule has 0 saturated carbocycles. The van der Waals surface area contributed by atoms with Crippen LogP contribution in [0.2, 0.25) is 0 Å². The van der Waals surface area contributed by atoms with Crippen molar-refractivity contribution in [3.05, 3.63) is 47.5 Å². The molecule has 4 rings (SSSR count). The molecule has 0 aliphatic heterocycles. The van der Waals surface area contributed by atoms with Crippen molar-refractivity contribution in [2.75, 3.05) is 35.0 Å². The monoisotopic (exact) mass is 548 g/mol. The number of benzene rings is 4. The number of ether oxygens (including phenoxy) is 6. The van der Waals surface area contributed by atoms with Gasteiger partial charge >= 0.3 is 0 Å². The second-order valence-corrected chi connectivity index (χ2v) is 8.71. The van der Waals surface area contributed by atoms with E-state index in [1.807, 2.05) is 0 Å². The average molecular weight is 549 g/mol. The zero-order chi connectivity index (χ0) is 28.6. The summed E-state index contributed by atoms with van der Waals surface area (Å²) in [6.07, 6.45) is -0.420. The number of hydrogen-bond donors (Lipinski definition) is 0. The van der Waals surface area contributed by atoms with Crippen LogP contribution in [0, 0.1) is 23.3 Å². The smallest absolute Gasteiger partial charge is 0.200 e. The third-order valence-electron chi connectivity index (χ3n) is 6.19. The number of halogens is 4. The van der Waals surface area contributed by atoms with E-state index < -0.39 is 52.4 Å². The Morgan fingerprint density at radius 1 is 0.590 bits per heavy atom. The highest BCUT2D eigenvalue weighted by Gasteiger charge is 2.32. The van der Waals surface area contributed by atoms with Crippen molar-refractivity contribution >= 4 is 21.5 Å². The van der Waals surface area contributed by atoms with E-state index in [2.05, 4.69) is 0 Å². The molecule has 0 aromatic heterocycles. The lowest BCUT2D eigenvalue weighted by Crippen LogP contribution is -2.09. The number of rotatable bonds is 9. The van der Waals surface area contributed by atoms with Crippen LogP contribution in [0.25, 0.3) is 32.7 Å². The summed E-state index contributed by atoms with van der Waals surface area (Å²) in [4.78, 5) is 0. The Labute approximate surface area is 222 Å². The predicted octanol–water partition coefficient (Wildman–Crippen LogP) is 7.44. The quantitative estimate of drug-likeness (QED) is 0.203. The van der Waals surface area contributed by atoms with Crippen LogP contribution in [0.1, 0.15) is 20.8 Å². The molecule has 39 heavy (non-hydrogen) atoms. The summed E-state index contributed by atoms with van der Waals surface area (Å²) in [6.45, 7) is 5.30. The summed E-state index contributed by atoms with van der Waals surface area (Å²) in [5.41, 5.74) is -0.142. The van der Waals surface area contributed by atoms with Gasteiger partial charge in [-0.15, -0.1) is 0 Å². The summed E-state index contributed by atoms with van der Waals surface area (Å²) in [7, 11) is 4.68. The van der Waals surface area contributed by atoms with Crippen LogP contribution in [0.5, 0.6) is 34.5 Å². The van der Waals surface area contributed by atoms with Crippen LogP contribution in [-0.2, 0) is 0 Å². The lowest BCUT2D eigenvalue weighted by Gasteiger charge is -2.23. The molecule has 4 aromatic rings. The summed E-state index contributed by atoms with van der Waals surface area (Å²) in [6, 6.07) is 5.49. The van der Waals surface area contributed by atoms with Gasteiger partial charge < -0.3 is 28.4 Å². The molecule has 0 unspecified atom stereocenters. The molecule has 0 heterocycles. The molecule has 0 aliphatic rings. The molecule has 0 saturated heterocycles. The van der Waals surface area contributed by atoms with Crippen molar-refractivity contribution in [3.63, 3.8) is 0 Å². The Bertz CT molecular complexity index is 1570. The van der Waals surface area contributed by atoms with Gasteiger partial charge in [0.05, 0.1) is 41.2 Å². The first-order valence-electron chi connectivity index (χ1n) is 12.1. The second kappa shape index (κ2) is 11.0. The Morgan fingerprint density at radius 2 is 0.974 bits per heavy atom. The Hall–Kier alpha value is -4.08. The molecule has 6 nitrogen and oxygen atoms in total. The predicted molar refractivity (Wildman–Crippen MR) is 140 cm³/mol. The maximum Gasteiger partial charge on any atom is 0.200 e. The maximum absolute atomic E-state index is 16.2. The van der Waals surface area contributed by atoms with E-state index in [1.54, 1.807) is 20.8 Å². The van der Waals surface area contributed by atoms with Crippen molar-refractivity contribution < 1.29 is 46.0 Å². The van der Waals surface area contributed by atoms with E-state index in [4.69, 9.17) is 28.4 Å². The minimum Gasteiger partial charge on any atom is -0.493 e. The minimum atomic E-state index is -0.990. The topological polar surface area (TPSA) is 55.4 Å². The van der Waals surface area contributed by atoms with Crippen molar-refractivity contribution in [2.24, 2.45) is 0 Å². The van der Waals surface area contributed by atoms with Crippen molar-refractivity contribution in [3.8, 4) is 45.6 Å². The standard InChI is InChI=1S/C29H28F4O6/c1-8-38-16-11-9-14-18(24(32)28(36-6)26(34-4)22(14)30)20(16)21-17(39-13(2)3)12-10-15-19(21)25(33)29(37-7)27(35-5)23(15)31/h9-13H,8H2,1-7H3. The second-order valence-electron chi connectivity index (χ2n) is 8.71. The van der Waals surface area contributed by atoms with Gasteiger partial charge in [0, 0.05) is 32.7 Å². The first kappa shape index (κ1) is 27.9. The van der Waals surface area contributed by atoms with Crippen LogP contribution in [0.3, 0.4) is 0 Å². The van der Waals surface area contributed by atoms with Gasteiger partial charge in [0.15, 0.2) is 23.3 Å². The fraction of sp³-hybridized carbons (Fsp3) is 0.310. The van der Waals surface area contributed by atoms with Gasteiger partial charge in [-0.3, -0.25) is 0 Å². The van der Waals surface area contributed by atoms with Gasteiger partial charge in [0.25, 0.3) is 0 Å². The van der Waals surface area contributed by atoms with Crippen molar-refractivity contribution in [1.82, 2.24) is 0 Å². The highest BCUT2D eigenvalue weighted by molar-refractivity contribution is 6.11. The van der Waals surface area contributed by atoms with Crippen LogP contribution in [-0.4, -0.2) is 41.2 Å². The van der Waals surface area contributed by atoms with Crippen LogP contribution in [0.4, 0.5) is 17.6 Å². The molecule has 10 heteroatoms. The summed E-state index contributed by atoms with van der Waals surface area (Å²) in [5.74, 6) is -5.55. The van der Waals surface area contributed by atoms with Gasteiger partial charge in [-0.25, -0.2) is 17.6 Å². The molecule has 208 valence electrons. The number of fused-ring (bicyclic) bond motifs is 2. The first-order valence-corrected chi connectivity index (χ1v) is 12.1. The molecule has 0 fully saturated rings. The minimum absolute atomic E-state index is 0.0709. The molecule has 0 radical (unpaired) electrons. The van der Waals surface area contributed by atoms with Gasteiger partial charge in [0.2, 0.25) is 23.0 Å². The van der Waals surface area contributed by atoms with Crippen LogP contribution in [0.15, 0.2) is 24.3 Å². The van der Waals surface area contributed by atoms with Gasteiger partial charge in [-0.05, 0) is 45.0 Å². The first-order chi connectivity index (χ1) is 18.7. The Kier molecular flexibility index (Phi) is 7.85. The normalized spacial score (nSPS) is 11.3. The number of methoxy groups -OCH3 is 4. The van der Waals surface area contributed by atoms with Gasteiger partial charge in [-0.1, -0.05) is 0 Å². The zero-order valence-electron chi connectivity index (χ0n) is 22.6. The molecule has 0 amide bonds. The van der Waals surface area contributed by atoms with Crippen LogP contribution >= 0.6 is 0 Å². The zero-order valence-corrected chi connectivity index (χ0v) is 22.6. The Morgan fingerprint density at radius 3 is 1.36 bits per heavy atom. The van der Waals surface area contributed by atoms with E-state index in [0.717, 1.165) is 14.2 Å². The molecular weight excluding hydrogens is 520 g/mol. The summed E-state index contributed by atoms with van der Waals surface area (Å²) in [5, 5.41) is -0.993. The summed E-state index contributed by atoms with van der Waals surface area (Å²) < 4.78 is 96.1. The maximum atomic E-state index is 16.2.